The Bertz CT molecular complexity index is 651. The average Bonchev–Trinajstić information content (AvgIpc) is 2.76. The SMILES string of the molecule is Cn1ncc(Br)c1CNC(=S)Nc1ccc([N+](=O)[O-])cc1. The fourth-order valence-electron chi connectivity index (χ4n) is 1.64. The van der Waals surface area contributed by atoms with Gasteiger partial charge >= 0.3 is 0 Å². The van der Waals surface area contributed by atoms with Gasteiger partial charge in [0.2, 0.25) is 0 Å². The van der Waals surface area contributed by atoms with Gasteiger partial charge in [-0.3, -0.25) is 14.8 Å². The Morgan fingerprint density at radius 2 is 2.14 bits per heavy atom. The number of nitrogens with one attached hydrogen (secondary N) is 2. The fraction of sp³-hybridized carbons (Fsp3) is 0.167. The molecule has 1 heterocycles. The Labute approximate surface area is 134 Å². The van der Waals surface area contributed by atoms with Crippen molar-refractivity contribution in [3.63, 3.8) is 0 Å². The molecule has 0 atom stereocenters. The number of nitro groups is 1. The van der Waals surface area contributed by atoms with Crippen molar-refractivity contribution >= 4 is 44.6 Å². The van der Waals surface area contributed by atoms with Crippen LogP contribution < -0.4 is 10.6 Å². The number of hydrogen-bond donors (Lipinski definition) is 2. The lowest BCUT2D eigenvalue weighted by Crippen LogP contribution is -2.28. The predicted molar refractivity (Wildman–Crippen MR) is 87.1 cm³/mol. The highest BCUT2D eigenvalue weighted by molar-refractivity contribution is 9.10. The zero-order valence-corrected chi connectivity index (χ0v) is 13.4. The smallest absolute Gasteiger partial charge is 0.269 e. The van der Waals surface area contributed by atoms with Crippen molar-refractivity contribution in [2.24, 2.45) is 7.05 Å². The molecule has 1 aromatic heterocycles. The van der Waals surface area contributed by atoms with E-state index in [0.717, 1.165) is 10.2 Å². The third-order valence-corrected chi connectivity index (χ3v) is 3.67. The van der Waals surface area contributed by atoms with Crippen molar-refractivity contribution in [1.29, 1.82) is 0 Å². The minimum Gasteiger partial charge on any atom is -0.357 e. The zero-order valence-electron chi connectivity index (χ0n) is 11.0. The summed E-state index contributed by atoms with van der Waals surface area (Å²) in [5.41, 5.74) is 1.68. The van der Waals surface area contributed by atoms with Crippen molar-refractivity contribution in [3.8, 4) is 0 Å². The lowest BCUT2D eigenvalue weighted by molar-refractivity contribution is -0.384. The second-order valence-electron chi connectivity index (χ2n) is 4.17. The lowest BCUT2D eigenvalue weighted by Gasteiger charge is -2.11. The van der Waals surface area contributed by atoms with Gasteiger partial charge in [0.15, 0.2) is 5.11 Å². The molecule has 7 nitrogen and oxygen atoms in total. The summed E-state index contributed by atoms with van der Waals surface area (Å²) in [6.45, 7) is 0.510. The minimum absolute atomic E-state index is 0.0400. The van der Waals surface area contributed by atoms with Crippen LogP contribution in [-0.4, -0.2) is 19.8 Å². The summed E-state index contributed by atoms with van der Waals surface area (Å²) in [7, 11) is 1.84. The van der Waals surface area contributed by atoms with Crippen molar-refractivity contribution in [2.45, 2.75) is 6.54 Å². The second kappa shape index (κ2) is 6.64. The predicted octanol–water partition coefficient (Wildman–Crippen LogP) is 2.58. The number of aromatic nitrogens is 2. The number of thiocarbonyl (C=S) groups is 1. The van der Waals surface area contributed by atoms with Crippen LogP contribution in [0, 0.1) is 10.1 Å². The van der Waals surface area contributed by atoms with Crippen LogP contribution in [0.4, 0.5) is 11.4 Å². The number of nitrogens with zero attached hydrogens (tertiary/aromatic N) is 3. The molecule has 9 heteroatoms. The van der Waals surface area contributed by atoms with Crippen molar-refractivity contribution < 1.29 is 4.92 Å². The van der Waals surface area contributed by atoms with Gasteiger partial charge < -0.3 is 10.6 Å². The summed E-state index contributed by atoms with van der Waals surface area (Å²) < 4.78 is 2.64. The highest BCUT2D eigenvalue weighted by Crippen LogP contribution is 2.16. The van der Waals surface area contributed by atoms with Gasteiger partial charge in [0, 0.05) is 24.9 Å². The third kappa shape index (κ3) is 3.99. The van der Waals surface area contributed by atoms with Crippen molar-refractivity contribution in [1.82, 2.24) is 15.1 Å². The molecule has 2 rings (SSSR count). The first-order valence-corrected chi connectivity index (χ1v) is 7.13. The Morgan fingerprint density at radius 1 is 1.48 bits per heavy atom. The summed E-state index contributed by atoms with van der Waals surface area (Å²) in [5.74, 6) is 0. The molecule has 0 aliphatic carbocycles. The van der Waals surface area contributed by atoms with Crippen LogP contribution in [-0.2, 0) is 13.6 Å². The number of rotatable bonds is 4. The van der Waals surface area contributed by atoms with Crippen LogP contribution in [0.15, 0.2) is 34.9 Å². The summed E-state index contributed by atoms with van der Waals surface area (Å²) in [4.78, 5) is 10.1. The van der Waals surface area contributed by atoms with E-state index in [2.05, 4.69) is 31.7 Å². The van der Waals surface area contributed by atoms with Gasteiger partial charge in [0.25, 0.3) is 5.69 Å². The first-order valence-electron chi connectivity index (χ1n) is 5.93. The normalized spacial score (nSPS) is 10.2. The van der Waals surface area contributed by atoms with Gasteiger partial charge in [-0.2, -0.15) is 5.10 Å². The Morgan fingerprint density at radius 3 is 2.67 bits per heavy atom. The van der Waals surface area contributed by atoms with Gasteiger partial charge in [-0.05, 0) is 40.3 Å². The van der Waals surface area contributed by atoms with E-state index in [4.69, 9.17) is 12.2 Å². The molecule has 0 fully saturated rings. The van der Waals surface area contributed by atoms with Gasteiger partial charge in [-0.1, -0.05) is 0 Å². The van der Waals surface area contributed by atoms with Crippen molar-refractivity contribution in [3.05, 3.63) is 50.7 Å². The number of hydrogen-bond acceptors (Lipinski definition) is 4. The number of benzene rings is 1. The Balaban J connectivity index is 1.91. The number of nitro benzene ring substituents is 1. The molecule has 0 saturated carbocycles. The Kier molecular flexibility index (Phi) is 4.86. The summed E-state index contributed by atoms with van der Waals surface area (Å²) in [5, 5.41) is 21.1. The molecule has 2 N–H and O–H groups in total. The van der Waals surface area contributed by atoms with E-state index >= 15 is 0 Å². The second-order valence-corrected chi connectivity index (χ2v) is 5.44. The van der Waals surface area contributed by atoms with E-state index in [1.807, 2.05) is 7.05 Å². The van der Waals surface area contributed by atoms with E-state index in [9.17, 15) is 10.1 Å². The number of non-ortho nitro benzene ring substituents is 1. The largest absolute Gasteiger partial charge is 0.357 e. The van der Waals surface area contributed by atoms with Gasteiger partial charge in [0.1, 0.15) is 0 Å². The molecule has 110 valence electrons. The van der Waals surface area contributed by atoms with E-state index in [1.54, 1.807) is 23.0 Å². The maximum atomic E-state index is 10.6. The zero-order chi connectivity index (χ0) is 15.4. The van der Waals surface area contributed by atoms with Gasteiger partial charge in [-0.15, -0.1) is 0 Å². The molecule has 1 aromatic carbocycles. The van der Waals surface area contributed by atoms with Crippen LogP contribution in [0.1, 0.15) is 5.69 Å². The van der Waals surface area contributed by atoms with E-state index < -0.39 is 4.92 Å². The van der Waals surface area contributed by atoms with E-state index in [1.165, 1.54) is 12.1 Å². The van der Waals surface area contributed by atoms with Gasteiger partial charge in [-0.25, -0.2) is 0 Å². The first-order chi connectivity index (χ1) is 9.97. The van der Waals surface area contributed by atoms with Crippen LogP contribution >= 0.6 is 28.1 Å². The lowest BCUT2D eigenvalue weighted by atomic mass is 10.3. The number of aryl methyl sites for hydroxylation is 1. The topological polar surface area (TPSA) is 85.0 Å². The quantitative estimate of drug-likeness (QED) is 0.489. The fourth-order valence-corrected chi connectivity index (χ4v) is 2.32. The van der Waals surface area contributed by atoms with Crippen LogP contribution in [0.5, 0.6) is 0 Å². The molecule has 0 spiro atoms. The maximum absolute atomic E-state index is 10.6. The summed E-state index contributed by atoms with van der Waals surface area (Å²) in [6.07, 6.45) is 1.71. The summed E-state index contributed by atoms with van der Waals surface area (Å²) in [6, 6.07) is 6.05. The van der Waals surface area contributed by atoms with E-state index in [0.29, 0.717) is 17.3 Å². The van der Waals surface area contributed by atoms with E-state index in [-0.39, 0.29) is 5.69 Å². The minimum atomic E-state index is -0.444. The molecule has 21 heavy (non-hydrogen) atoms. The molecule has 0 bridgehead atoms. The summed E-state index contributed by atoms with van der Waals surface area (Å²) >= 11 is 8.58. The molecular weight excluding hydrogens is 358 g/mol. The monoisotopic (exact) mass is 369 g/mol. The highest BCUT2D eigenvalue weighted by Gasteiger charge is 2.07. The first kappa shape index (κ1) is 15.4. The molecule has 0 amide bonds. The molecular formula is C12H12BrN5O2S. The van der Waals surface area contributed by atoms with Crippen LogP contribution in [0.2, 0.25) is 0 Å². The molecule has 0 aliphatic rings. The number of halogens is 1. The van der Waals surface area contributed by atoms with Crippen LogP contribution in [0.3, 0.4) is 0 Å². The maximum Gasteiger partial charge on any atom is 0.269 e. The molecule has 0 saturated heterocycles. The average molecular weight is 370 g/mol. The highest BCUT2D eigenvalue weighted by atomic mass is 79.9. The number of anilines is 1. The van der Waals surface area contributed by atoms with Gasteiger partial charge in [0.05, 0.1) is 27.8 Å². The standard InChI is InChI=1S/C12H12BrN5O2S/c1-17-11(10(13)6-15-17)7-14-12(21)16-8-2-4-9(5-3-8)18(19)20/h2-6H,7H2,1H3,(H2,14,16,21). The molecule has 0 aliphatic heterocycles. The third-order valence-electron chi connectivity index (χ3n) is 2.76. The molecule has 0 unspecified atom stereocenters. The van der Waals surface area contributed by atoms with Crippen LogP contribution in [0.25, 0.3) is 0 Å². The molecule has 0 radical (unpaired) electrons. The Hall–Kier alpha value is -2.00. The molecule has 2 aromatic rings. The van der Waals surface area contributed by atoms with Crippen molar-refractivity contribution in [2.75, 3.05) is 5.32 Å².